The summed E-state index contributed by atoms with van der Waals surface area (Å²) in [6.07, 6.45) is 8.72. The van der Waals surface area contributed by atoms with Crippen molar-refractivity contribution >= 4 is 5.91 Å². The maximum atomic E-state index is 12.5. The Kier molecular flexibility index (Phi) is 3.66. The molecule has 2 unspecified atom stereocenters. The molecule has 1 aliphatic heterocycles. The number of ether oxygens (including phenoxy) is 1. The number of carbonyl (C=O) groups is 1. The van der Waals surface area contributed by atoms with E-state index in [2.05, 4.69) is 10.2 Å². The van der Waals surface area contributed by atoms with Gasteiger partial charge in [-0.05, 0) is 56.8 Å². The monoisotopic (exact) mass is 317 g/mol. The summed E-state index contributed by atoms with van der Waals surface area (Å²) in [5.74, 6) is 1.61. The van der Waals surface area contributed by atoms with Crippen LogP contribution in [0.1, 0.15) is 51.4 Å². The van der Waals surface area contributed by atoms with E-state index < -0.39 is 0 Å². The molecule has 5 rings (SSSR count). The number of methoxy groups -OCH3 is 1. The topological polar surface area (TPSA) is 45.9 Å². The predicted octanol–water partition coefficient (Wildman–Crippen LogP) is 2.18. The molecule has 23 heavy (non-hydrogen) atoms. The van der Waals surface area contributed by atoms with Gasteiger partial charge < -0.3 is 10.1 Å². The normalized spacial score (nSPS) is 44.5. The SMILES string of the molecule is [C-]#[N+][C@@H]1CCCN1C(=O)CNC12CC3CC(C1)CC(OC)(C3)C2. The molecule has 5 fully saturated rings. The Hall–Kier alpha value is -1.12. The van der Waals surface area contributed by atoms with E-state index in [9.17, 15) is 4.79 Å². The second-order valence-electron chi connectivity index (χ2n) is 8.32. The van der Waals surface area contributed by atoms with E-state index in [0.717, 1.165) is 37.6 Å². The molecule has 1 saturated heterocycles. The van der Waals surface area contributed by atoms with E-state index in [1.165, 1.54) is 32.1 Å². The lowest BCUT2D eigenvalue weighted by Gasteiger charge is -2.61. The van der Waals surface area contributed by atoms with Crippen LogP contribution >= 0.6 is 0 Å². The molecular formula is C18H27N3O2. The first kappa shape index (κ1) is 15.4. The van der Waals surface area contributed by atoms with Crippen LogP contribution in [0.4, 0.5) is 0 Å². The zero-order valence-electron chi connectivity index (χ0n) is 14.0. The zero-order chi connectivity index (χ0) is 16.1. The fourth-order valence-electron chi connectivity index (χ4n) is 6.16. The van der Waals surface area contributed by atoms with Crippen LogP contribution in [0.3, 0.4) is 0 Å². The number of nitrogens with zero attached hydrogens (tertiary/aromatic N) is 2. The first-order valence-electron chi connectivity index (χ1n) is 9.03. The molecule has 0 aromatic rings. The van der Waals surface area contributed by atoms with Gasteiger partial charge in [-0.2, -0.15) is 0 Å². The maximum Gasteiger partial charge on any atom is 0.300 e. The van der Waals surface area contributed by atoms with Crippen molar-refractivity contribution in [3.8, 4) is 0 Å². The van der Waals surface area contributed by atoms with Gasteiger partial charge in [0.1, 0.15) is 0 Å². The van der Waals surface area contributed by atoms with Gasteiger partial charge in [-0.25, -0.2) is 6.57 Å². The van der Waals surface area contributed by atoms with Gasteiger partial charge in [-0.1, -0.05) is 0 Å². The van der Waals surface area contributed by atoms with E-state index >= 15 is 0 Å². The number of carbonyl (C=O) groups excluding carboxylic acids is 1. The summed E-state index contributed by atoms with van der Waals surface area (Å²) >= 11 is 0. The summed E-state index contributed by atoms with van der Waals surface area (Å²) in [5.41, 5.74) is 0.135. The van der Waals surface area contributed by atoms with Crippen LogP contribution in [-0.4, -0.2) is 48.3 Å². The van der Waals surface area contributed by atoms with Gasteiger partial charge >= 0.3 is 6.17 Å². The molecule has 0 aromatic heterocycles. The molecule has 5 aliphatic rings. The Morgan fingerprint density at radius 2 is 2.09 bits per heavy atom. The average molecular weight is 317 g/mol. The highest BCUT2D eigenvalue weighted by atomic mass is 16.5. The van der Waals surface area contributed by atoms with Gasteiger partial charge in [0.15, 0.2) is 0 Å². The largest absolute Gasteiger partial charge is 0.378 e. The second kappa shape index (κ2) is 5.46. The maximum absolute atomic E-state index is 12.5. The van der Waals surface area contributed by atoms with Crippen LogP contribution in [0.2, 0.25) is 0 Å². The minimum atomic E-state index is -0.231. The van der Waals surface area contributed by atoms with E-state index in [-0.39, 0.29) is 23.2 Å². The van der Waals surface area contributed by atoms with Crippen LogP contribution < -0.4 is 5.32 Å². The number of hydrogen-bond acceptors (Lipinski definition) is 3. The molecule has 0 radical (unpaired) electrons. The highest BCUT2D eigenvalue weighted by Crippen LogP contribution is 2.58. The van der Waals surface area contributed by atoms with E-state index in [0.29, 0.717) is 6.54 Å². The molecule has 1 amide bonds. The van der Waals surface area contributed by atoms with Crippen LogP contribution in [0.5, 0.6) is 0 Å². The summed E-state index contributed by atoms with van der Waals surface area (Å²) in [6.45, 7) is 8.36. The Morgan fingerprint density at radius 1 is 1.35 bits per heavy atom. The van der Waals surface area contributed by atoms with Gasteiger partial charge in [0.05, 0.1) is 12.1 Å². The predicted molar refractivity (Wildman–Crippen MR) is 86.5 cm³/mol. The number of hydrogen-bond donors (Lipinski definition) is 1. The number of likely N-dealkylation sites (tertiary alicyclic amines) is 1. The van der Waals surface area contributed by atoms with Crippen molar-refractivity contribution in [3.63, 3.8) is 0 Å². The third-order valence-electron chi connectivity index (χ3n) is 6.75. The van der Waals surface area contributed by atoms with Gasteiger partial charge in [0, 0.05) is 25.6 Å². The lowest BCUT2D eigenvalue weighted by molar-refractivity contribution is -0.162. The quantitative estimate of drug-likeness (QED) is 0.809. The van der Waals surface area contributed by atoms with Crippen LogP contribution in [0.25, 0.3) is 4.85 Å². The molecule has 126 valence electrons. The van der Waals surface area contributed by atoms with Crippen molar-refractivity contribution < 1.29 is 9.53 Å². The second-order valence-corrected chi connectivity index (χ2v) is 8.32. The van der Waals surface area contributed by atoms with E-state index in [4.69, 9.17) is 11.3 Å². The highest BCUT2D eigenvalue weighted by Gasteiger charge is 2.58. The summed E-state index contributed by atoms with van der Waals surface area (Å²) in [5, 5.41) is 3.63. The molecule has 4 bridgehead atoms. The van der Waals surface area contributed by atoms with Gasteiger partial charge in [-0.15, -0.1) is 0 Å². The first-order chi connectivity index (χ1) is 11.1. The highest BCUT2D eigenvalue weighted by molar-refractivity contribution is 5.79. The molecule has 0 aromatic carbocycles. The average Bonchev–Trinajstić information content (AvgIpc) is 3.00. The Morgan fingerprint density at radius 3 is 2.74 bits per heavy atom. The summed E-state index contributed by atoms with van der Waals surface area (Å²) in [6, 6.07) is 0. The Bertz CT molecular complexity index is 527. The molecule has 4 saturated carbocycles. The summed E-state index contributed by atoms with van der Waals surface area (Å²) < 4.78 is 5.94. The van der Waals surface area contributed by atoms with Gasteiger partial charge in [-0.3, -0.25) is 14.5 Å². The third-order valence-corrected chi connectivity index (χ3v) is 6.75. The van der Waals surface area contributed by atoms with Crippen molar-refractivity contribution in [3.05, 3.63) is 11.4 Å². The fourth-order valence-corrected chi connectivity index (χ4v) is 6.16. The summed E-state index contributed by atoms with van der Waals surface area (Å²) in [7, 11) is 1.86. The molecule has 5 nitrogen and oxygen atoms in total. The van der Waals surface area contributed by atoms with Crippen LogP contribution in [0, 0.1) is 18.4 Å². The van der Waals surface area contributed by atoms with Crippen molar-refractivity contribution in [2.45, 2.75) is 68.7 Å². The molecule has 5 heteroatoms. The van der Waals surface area contributed by atoms with Crippen LogP contribution in [0.15, 0.2) is 0 Å². The molecule has 0 spiro atoms. The van der Waals surface area contributed by atoms with Crippen molar-refractivity contribution in [2.24, 2.45) is 11.8 Å². The lowest BCUT2D eigenvalue weighted by atomic mass is 9.51. The van der Waals surface area contributed by atoms with Gasteiger partial charge in [0.25, 0.3) is 0 Å². The van der Waals surface area contributed by atoms with Crippen molar-refractivity contribution in [2.75, 3.05) is 20.2 Å². The standard InChI is InChI=1S/C18H27N3O2/c1-19-15-4-3-5-21(15)16(22)11-20-17-7-13-6-14(8-17)10-18(9-13,12-17)23-2/h13-15,20H,3-12H2,2H3/t13?,14?,15-,17?,18?/m0/s1. The molecular weight excluding hydrogens is 290 g/mol. The fraction of sp³-hybridized carbons (Fsp3) is 0.889. The lowest BCUT2D eigenvalue weighted by Crippen LogP contribution is -2.65. The molecule has 3 atom stereocenters. The summed E-state index contributed by atoms with van der Waals surface area (Å²) in [4.78, 5) is 17.9. The molecule has 4 aliphatic carbocycles. The number of amides is 1. The third kappa shape index (κ3) is 2.56. The first-order valence-corrected chi connectivity index (χ1v) is 9.03. The molecule has 1 N–H and O–H groups in total. The van der Waals surface area contributed by atoms with Crippen LogP contribution in [-0.2, 0) is 9.53 Å². The Labute approximate surface area is 138 Å². The van der Waals surface area contributed by atoms with E-state index in [1.807, 2.05) is 7.11 Å². The van der Waals surface area contributed by atoms with E-state index in [1.54, 1.807) is 4.90 Å². The number of rotatable bonds is 4. The zero-order valence-corrected chi connectivity index (χ0v) is 14.0. The Balaban J connectivity index is 1.43. The minimum absolute atomic E-state index is 0.0484. The van der Waals surface area contributed by atoms with Gasteiger partial charge in [0.2, 0.25) is 5.91 Å². The van der Waals surface area contributed by atoms with Crippen molar-refractivity contribution in [1.82, 2.24) is 10.2 Å². The molecule has 1 heterocycles. The minimum Gasteiger partial charge on any atom is -0.378 e. The smallest absolute Gasteiger partial charge is 0.300 e. The van der Waals surface area contributed by atoms with Crippen molar-refractivity contribution in [1.29, 1.82) is 0 Å². The number of nitrogens with one attached hydrogen (secondary N) is 1.